The van der Waals surface area contributed by atoms with Gasteiger partial charge in [-0.2, -0.15) is 0 Å². The minimum Gasteiger partial charge on any atom is -0.360 e. The lowest BCUT2D eigenvalue weighted by Crippen LogP contribution is -2.29. The van der Waals surface area contributed by atoms with Crippen molar-refractivity contribution < 1.29 is 9.32 Å². The molecule has 158 valence electrons. The molecule has 2 saturated carbocycles. The molecule has 2 aliphatic rings. The Bertz CT molecular complexity index is 940. The van der Waals surface area contributed by atoms with E-state index < -0.39 is 0 Å². The monoisotopic (exact) mass is 400 g/mol. The van der Waals surface area contributed by atoms with Gasteiger partial charge in [0, 0.05) is 18.5 Å². The van der Waals surface area contributed by atoms with Gasteiger partial charge >= 0.3 is 0 Å². The molecule has 0 radical (unpaired) electrons. The van der Waals surface area contributed by atoms with Crippen molar-refractivity contribution in [3.05, 3.63) is 33.1 Å². The molecule has 2 aliphatic carbocycles. The van der Waals surface area contributed by atoms with E-state index in [1.165, 1.54) is 25.7 Å². The average molecular weight is 401 g/mol. The van der Waals surface area contributed by atoms with E-state index in [0.717, 1.165) is 55.5 Å². The van der Waals surface area contributed by atoms with Crippen molar-refractivity contribution in [3.8, 4) is 0 Å². The van der Waals surface area contributed by atoms with E-state index in [4.69, 9.17) is 4.52 Å². The summed E-state index contributed by atoms with van der Waals surface area (Å²) >= 11 is 0. The molecular weight excluding hydrogens is 368 g/mol. The van der Waals surface area contributed by atoms with Gasteiger partial charge in [-0.15, -0.1) is 0 Å². The molecule has 0 aromatic carbocycles. The number of rotatable bonds is 4. The van der Waals surface area contributed by atoms with Crippen molar-refractivity contribution in [1.82, 2.24) is 14.5 Å². The SMILES string of the molecule is Cc1c(C(=O)Nc2c(C)n(C)n(C3CCCCC3)c2=O)noc1C1CCCCC1. The molecule has 2 aromatic heterocycles. The number of anilines is 1. The third-order valence-electron chi connectivity index (χ3n) is 6.90. The third-order valence-corrected chi connectivity index (χ3v) is 6.90. The highest BCUT2D eigenvalue weighted by molar-refractivity contribution is 6.04. The number of amides is 1. The molecule has 1 amide bonds. The number of aromatic nitrogens is 3. The number of nitrogens with one attached hydrogen (secondary N) is 1. The first-order valence-corrected chi connectivity index (χ1v) is 11.0. The molecule has 0 atom stereocenters. The predicted octanol–water partition coefficient (Wildman–Crippen LogP) is 4.60. The van der Waals surface area contributed by atoms with Gasteiger partial charge < -0.3 is 9.84 Å². The van der Waals surface area contributed by atoms with Gasteiger partial charge in [-0.25, -0.2) is 4.68 Å². The molecule has 0 spiro atoms. The maximum atomic E-state index is 13.1. The number of carbonyl (C=O) groups is 1. The van der Waals surface area contributed by atoms with E-state index >= 15 is 0 Å². The van der Waals surface area contributed by atoms with Crippen molar-refractivity contribution >= 4 is 11.6 Å². The Morgan fingerprint density at radius 2 is 1.66 bits per heavy atom. The van der Waals surface area contributed by atoms with Crippen LogP contribution in [-0.2, 0) is 7.05 Å². The van der Waals surface area contributed by atoms with Gasteiger partial charge in [0.15, 0.2) is 5.69 Å². The molecule has 0 unspecified atom stereocenters. The topological polar surface area (TPSA) is 82.1 Å². The highest BCUT2D eigenvalue weighted by atomic mass is 16.5. The van der Waals surface area contributed by atoms with Crippen molar-refractivity contribution in [2.75, 3.05) is 5.32 Å². The lowest BCUT2D eigenvalue weighted by molar-refractivity contribution is 0.101. The van der Waals surface area contributed by atoms with Crippen LogP contribution in [0.4, 0.5) is 5.69 Å². The molecule has 29 heavy (non-hydrogen) atoms. The molecule has 2 fully saturated rings. The number of nitrogens with zero attached hydrogens (tertiary/aromatic N) is 3. The molecular formula is C22H32N4O3. The third kappa shape index (κ3) is 3.67. The number of carbonyl (C=O) groups excluding carboxylic acids is 1. The summed E-state index contributed by atoms with van der Waals surface area (Å²) in [6.07, 6.45) is 11.4. The van der Waals surface area contributed by atoms with Crippen LogP contribution in [0.1, 0.15) is 104 Å². The van der Waals surface area contributed by atoms with Crippen molar-refractivity contribution in [1.29, 1.82) is 0 Å². The molecule has 4 rings (SSSR count). The summed E-state index contributed by atoms with van der Waals surface area (Å²) < 4.78 is 9.28. The van der Waals surface area contributed by atoms with E-state index in [9.17, 15) is 9.59 Å². The Kier molecular flexibility index (Phi) is 5.65. The van der Waals surface area contributed by atoms with Crippen LogP contribution < -0.4 is 10.9 Å². The standard InChI is InChI=1S/C22H32N4O3/c1-14-18(24-29-20(14)16-10-6-4-7-11-16)21(27)23-19-15(2)25(3)26(22(19)28)17-12-8-5-9-13-17/h16-17H,4-13H2,1-3H3,(H,23,27). The average Bonchev–Trinajstić information content (AvgIpc) is 3.22. The van der Waals surface area contributed by atoms with Crippen molar-refractivity contribution in [2.45, 2.75) is 90.0 Å². The van der Waals surface area contributed by atoms with Gasteiger partial charge in [0.25, 0.3) is 11.5 Å². The molecule has 1 N–H and O–H groups in total. The van der Waals surface area contributed by atoms with E-state index in [2.05, 4.69) is 10.5 Å². The Labute approximate surface area is 171 Å². The molecule has 7 heteroatoms. The van der Waals surface area contributed by atoms with Crippen LogP contribution in [-0.4, -0.2) is 20.4 Å². The molecule has 0 bridgehead atoms. The van der Waals surface area contributed by atoms with Crippen molar-refractivity contribution in [2.24, 2.45) is 7.05 Å². The van der Waals surface area contributed by atoms with Crippen LogP contribution in [0.25, 0.3) is 0 Å². The minimum absolute atomic E-state index is 0.126. The van der Waals surface area contributed by atoms with Crippen molar-refractivity contribution in [3.63, 3.8) is 0 Å². The molecule has 7 nitrogen and oxygen atoms in total. The lowest BCUT2D eigenvalue weighted by atomic mass is 9.86. The normalized spacial score (nSPS) is 18.9. The second-order valence-corrected chi connectivity index (χ2v) is 8.74. The first kappa shape index (κ1) is 20.0. The first-order chi connectivity index (χ1) is 14.0. The smallest absolute Gasteiger partial charge is 0.291 e. The second-order valence-electron chi connectivity index (χ2n) is 8.74. The van der Waals surface area contributed by atoms with Crippen LogP contribution in [0, 0.1) is 13.8 Å². The Balaban J connectivity index is 1.57. The van der Waals surface area contributed by atoms with Crippen LogP contribution in [0.3, 0.4) is 0 Å². The summed E-state index contributed by atoms with van der Waals surface area (Å²) in [6.45, 7) is 3.77. The summed E-state index contributed by atoms with van der Waals surface area (Å²) in [5, 5.41) is 6.90. The Morgan fingerprint density at radius 3 is 2.31 bits per heavy atom. The van der Waals surface area contributed by atoms with E-state index in [0.29, 0.717) is 11.6 Å². The van der Waals surface area contributed by atoms with Crippen LogP contribution >= 0.6 is 0 Å². The largest absolute Gasteiger partial charge is 0.360 e. The Morgan fingerprint density at radius 1 is 1.03 bits per heavy atom. The maximum absolute atomic E-state index is 13.1. The van der Waals surface area contributed by atoms with Gasteiger partial charge in [-0.3, -0.25) is 14.3 Å². The van der Waals surface area contributed by atoms with Crippen LogP contribution in [0.2, 0.25) is 0 Å². The van der Waals surface area contributed by atoms with E-state index in [1.54, 1.807) is 0 Å². The first-order valence-electron chi connectivity index (χ1n) is 11.0. The maximum Gasteiger partial charge on any atom is 0.291 e. The molecule has 2 aromatic rings. The number of hydrogen-bond acceptors (Lipinski definition) is 4. The highest BCUT2D eigenvalue weighted by Gasteiger charge is 2.28. The second kappa shape index (κ2) is 8.20. The minimum atomic E-state index is -0.366. The van der Waals surface area contributed by atoms with Gasteiger partial charge in [-0.05, 0) is 39.5 Å². The fourth-order valence-electron chi connectivity index (χ4n) is 5.09. The highest BCUT2D eigenvalue weighted by Crippen LogP contribution is 2.35. The van der Waals surface area contributed by atoms with E-state index in [-0.39, 0.29) is 23.2 Å². The molecule has 2 heterocycles. The zero-order chi connectivity index (χ0) is 20.5. The molecule has 0 saturated heterocycles. The summed E-state index contributed by atoms with van der Waals surface area (Å²) in [5.41, 5.74) is 2.08. The fraction of sp³-hybridized carbons (Fsp3) is 0.682. The van der Waals surface area contributed by atoms with Gasteiger partial charge in [0.05, 0.1) is 11.7 Å². The summed E-state index contributed by atoms with van der Waals surface area (Å²) in [4.78, 5) is 26.0. The fourth-order valence-corrected chi connectivity index (χ4v) is 5.09. The van der Waals surface area contributed by atoms with Gasteiger partial charge in [-0.1, -0.05) is 43.7 Å². The zero-order valence-electron chi connectivity index (χ0n) is 17.8. The Hall–Kier alpha value is -2.31. The quantitative estimate of drug-likeness (QED) is 0.813. The lowest BCUT2D eigenvalue weighted by Gasteiger charge is -2.24. The predicted molar refractivity (Wildman–Crippen MR) is 112 cm³/mol. The van der Waals surface area contributed by atoms with Crippen LogP contribution in [0.5, 0.6) is 0 Å². The van der Waals surface area contributed by atoms with Gasteiger partial charge in [0.2, 0.25) is 0 Å². The number of hydrogen-bond donors (Lipinski definition) is 1. The molecule has 0 aliphatic heterocycles. The van der Waals surface area contributed by atoms with Gasteiger partial charge in [0.1, 0.15) is 11.4 Å². The summed E-state index contributed by atoms with van der Waals surface area (Å²) in [7, 11) is 1.89. The van der Waals surface area contributed by atoms with E-state index in [1.807, 2.05) is 30.3 Å². The summed E-state index contributed by atoms with van der Waals surface area (Å²) in [5.74, 6) is 0.814. The van der Waals surface area contributed by atoms with Crippen LogP contribution in [0.15, 0.2) is 9.32 Å². The summed E-state index contributed by atoms with van der Waals surface area (Å²) in [6, 6.07) is 0.206. The zero-order valence-corrected chi connectivity index (χ0v) is 17.8.